The predicted molar refractivity (Wildman–Crippen MR) is 109 cm³/mol. The quantitative estimate of drug-likeness (QED) is 0.294. The number of methoxy groups -OCH3 is 3. The summed E-state index contributed by atoms with van der Waals surface area (Å²) >= 11 is 11.1. The molecule has 0 spiro atoms. The van der Waals surface area contributed by atoms with Crippen molar-refractivity contribution in [1.82, 2.24) is 0 Å². The van der Waals surface area contributed by atoms with Crippen LogP contribution < -0.4 is 14.2 Å². The summed E-state index contributed by atoms with van der Waals surface area (Å²) < 4.78 is 18.4. The van der Waals surface area contributed by atoms with Crippen molar-refractivity contribution in [2.24, 2.45) is 0 Å². The highest BCUT2D eigenvalue weighted by atomic mass is 79.9. The van der Waals surface area contributed by atoms with Crippen LogP contribution >= 0.6 is 47.8 Å². The number of halogens is 3. The van der Waals surface area contributed by atoms with Crippen LogP contribution in [0, 0.1) is 0 Å². The van der Waals surface area contributed by atoms with Crippen LogP contribution in [-0.4, -0.2) is 21.3 Å². The van der Waals surface area contributed by atoms with Gasteiger partial charge in [0.05, 0.1) is 25.8 Å². The molecule has 0 bridgehead atoms. The van der Waals surface area contributed by atoms with Crippen molar-refractivity contribution in [3.05, 3.63) is 38.8 Å². The number of rotatable bonds is 4. The Bertz CT molecular complexity index is 938. The van der Waals surface area contributed by atoms with Crippen molar-refractivity contribution in [1.29, 1.82) is 0 Å². The van der Waals surface area contributed by atoms with Crippen LogP contribution in [0.5, 0.6) is 17.2 Å². The van der Waals surface area contributed by atoms with Gasteiger partial charge in [-0.05, 0) is 66.4 Å². The first-order valence-electron chi connectivity index (χ1n) is 7.15. The van der Waals surface area contributed by atoms with E-state index in [0.29, 0.717) is 11.5 Å². The fourth-order valence-corrected chi connectivity index (χ4v) is 5.27. The highest BCUT2D eigenvalue weighted by Crippen LogP contribution is 2.46. The molecule has 0 radical (unpaired) electrons. The van der Waals surface area contributed by atoms with Crippen molar-refractivity contribution in [2.45, 2.75) is 5.33 Å². The molecule has 0 amide bonds. The lowest BCUT2D eigenvalue weighted by Crippen LogP contribution is -1.95. The third kappa shape index (κ3) is 2.68. The molecule has 0 aromatic heterocycles. The van der Waals surface area contributed by atoms with Gasteiger partial charge in [-0.15, -0.1) is 0 Å². The first-order valence-corrected chi connectivity index (χ1v) is 9.86. The number of alkyl halides is 1. The number of fused-ring (bicyclic) bond motifs is 3. The zero-order valence-corrected chi connectivity index (χ0v) is 18.1. The Labute approximate surface area is 165 Å². The molecule has 0 aliphatic heterocycles. The summed E-state index contributed by atoms with van der Waals surface area (Å²) in [7, 11) is 4.95. The van der Waals surface area contributed by atoms with Gasteiger partial charge in [0.25, 0.3) is 0 Å². The minimum Gasteiger partial charge on any atom is -0.496 e. The fraction of sp³-hybridized carbons (Fsp3) is 0.222. The first-order chi connectivity index (χ1) is 11.6. The van der Waals surface area contributed by atoms with E-state index in [1.165, 1.54) is 5.56 Å². The predicted octanol–water partition coefficient (Wildman–Crippen LogP) is 6.44. The van der Waals surface area contributed by atoms with E-state index in [1.807, 2.05) is 18.2 Å². The van der Waals surface area contributed by atoms with Gasteiger partial charge in [-0.25, -0.2) is 0 Å². The Morgan fingerprint density at radius 1 is 0.750 bits per heavy atom. The average Bonchev–Trinajstić information content (AvgIpc) is 2.61. The van der Waals surface area contributed by atoms with Crippen LogP contribution in [0.3, 0.4) is 0 Å². The molecule has 3 aromatic rings. The summed E-state index contributed by atoms with van der Waals surface area (Å²) in [6, 6.07) is 8.05. The summed E-state index contributed by atoms with van der Waals surface area (Å²) in [4.78, 5) is 0. The van der Waals surface area contributed by atoms with Crippen LogP contribution in [0.2, 0.25) is 0 Å². The second-order valence-corrected chi connectivity index (χ2v) is 7.33. The van der Waals surface area contributed by atoms with Crippen LogP contribution in [0.4, 0.5) is 0 Å². The van der Waals surface area contributed by atoms with Gasteiger partial charge in [-0.3, -0.25) is 0 Å². The van der Waals surface area contributed by atoms with Gasteiger partial charge >= 0.3 is 0 Å². The second kappa shape index (κ2) is 7.10. The molecular weight excluding hydrogens is 504 g/mol. The maximum atomic E-state index is 5.49. The van der Waals surface area contributed by atoms with E-state index in [9.17, 15) is 0 Å². The van der Waals surface area contributed by atoms with Gasteiger partial charge in [-0.1, -0.05) is 22.0 Å². The van der Waals surface area contributed by atoms with E-state index in [4.69, 9.17) is 14.2 Å². The second-order valence-electron chi connectivity index (χ2n) is 5.18. The van der Waals surface area contributed by atoms with Crippen molar-refractivity contribution < 1.29 is 14.2 Å². The van der Waals surface area contributed by atoms with Crippen LogP contribution in [0.15, 0.2) is 33.2 Å². The van der Waals surface area contributed by atoms with Crippen molar-refractivity contribution in [2.75, 3.05) is 21.3 Å². The maximum absolute atomic E-state index is 5.49. The molecule has 0 heterocycles. The molecule has 24 heavy (non-hydrogen) atoms. The van der Waals surface area contributed by atoms with E-state index in [0.717, 1.165) is 41.6 Å². The summed E-state index contributed by atoms with van der Waals surface area (Å²) in [5.74, 6) is 2.19. The van der Waals surface area contributed by atoms with Crippen LogP contribution in [-0.2, 0) is 5.33 Å². The highest BCUT2D eigenvalue weighted by Gasteiger charge is 2.18. The van der Waals surface area contributed by atoms with Gasteiger partial charge < -0.3 is 14.2 Å². The number of ether oxygens (including phenoxy) is 3. The number of benzene rings is 3. The zero-order valence-electron chi connectivity index (χ0n) is 13.4. The molecule has 0 fully saturated rings. The summed E-state index contributed by atoms with van der Waals surface area (Å²) in [5.41, 5.74) is 1.17. The SMILES string of the molecule is COc1cc2c(Br)c(CBr)c3ccc(OC)c(Br)c3c2cc1OC. The van der Waals surface area contributed by atoms with E-state index in [-0.39, 0.29) is 0 Å². The molecule has 0 aliphatic carbocycles. The topological polar surface area (TPSA) is 27.7 Å². The average molecular weight is 519 g/mol. The normalized spacial score (nSPS) is 11.1. The third-order valence-electron chi connectivity index (χ3n) is 4.08. The van der Waals surface area contributed by atoms with Gasteiger partial charge in [0.1, 0.15) is 5.75 Å². The molecule has 0 saturated heterocycles. The Hall–Kier alpha value is -0.980. The van der Waals surface area contributed by atoms with E-state index in [1.54, 1.807) is 21.3 Å². The van der Waals surface area contributed by atoms with Gasteiger partial charge in [0, 0.05) is 20.6 Å². The summed E-state index contributed by atoms with van der Waals surface area (Å²) in [5, 5.41) is 5.08. The minimum atomic E-state index is 0.694. The Kier molecular flexibility index (Phi) is 5.27. The maximum Gasteiger partial charge on any atom is 0.161 e. The summed E-state index contributed by atoms with van der Waals surface area (Å²) in [6.45, 7) is 0. The van der Waals surface area contributed by atoms with E-state index < -0.39 is 0 Å². The Balaban J connectivity index is 2.59. The molecule has 3 nitrogen and oxygen atoms in total. The standard InChI is InChI=1S/C18H15Br3O3/c1-22-13-5-4-9-12(8-19)17(20)11-7-15(24-3)14(23-2)6-10(11)16(9)18(13)21/h4-7H,8H2,1-3H3. The lowest BCUT2D eigenvalue weighted by molar-refractivity contribution is 0.356. The molecule has 6 heteroatoms. The highest BCUT2D eigenvalue weighted by molar-refractivity contribution is 9.11. The van der Waals surface area contributed by atoms with E-state index in [2.05, 4.69) is 53.9 Å². The molecule has 126 valence electrons. The molecule has 0 atom stereocenters. The van der Waals surface area contributed by atoms with E-state index >= 15 is 0 Å². The van der Waals surface area contributed by atoms with Gasteiger partial charge in [0.15, 0.2) is 11.5 Å². The Morgan fingerprint density at radius 3 is 1.88 bits per heavy atom. The smallest absolute Gasteiger partial charge is 0.161 e. The number of hydrogen-bond donors (Lipinski definition) is 0. The molecule has 0 aliphatic rings. The third-order valence-corrected chi connectivity index (χ3v) is 6.33. The molecule has 0 N–H and O–H groups in total. The molecule has 0 saturated carbocycles. The monoisotopic (exact) mass is 516 g/mol. The van der Waals surface area contributed by atoms with Crippen molar-refractivity contribution in [3.8, 4) is 17.2 Å². The summed E-state index contributed by atoms with van der Waals surface area (Å²) in [6.07, 6.45) is 0. The Morgan fingerprint density at radius 2 is 1.33 bits per heavy atom. The first kappa shape index (κ1) is 17.8. The minimum absolute atomic E-state index is 0.694. The number of hydrogen-bond acceptors (Lipinski definition) is 3. The molecule has 0 unspecified atom stereocenters. The molecule has 3 aromatic carbocycles. The lowest BCUT2D eigenvalue weighted by Gasteiger charge is -2.17. The van der Waals surface area contributed by atoms with Crippen LogP contribution in [0.25, 0.3) is 21.5 Å². The van der Waals surface area contributed by atoms with Crippen LogP contribution in [0.1, 0.15) is 5.56 Å². The van der Waals surface area contributed by atoms with Crippen molar-refractivity contribution >= 4 is 69.3 Å². The van der Waals surface area contributed by atoms with Crippen molar-refractivity contribution in [3.63, 3.8) is 0 Å². The lowest BCUT2D eigenvalue weighted by atomic mass is 9.97. The molecular formula is C18H15Br3O3. The zero-order chi connectivity index (χ0) is 17.4. The van der Waals surface area contributed by atoms with Gasteiger partial charge in [-0.2, -0.15) is 0 Å². The molecule has 3 rings (SSSR count). The van der Waals surface area contributed by atoms with Gasteiger partial charge in [0.2, 0.25) is 0 Å². The fourth-order valence-electron chi connectivity index (χ4n) is 2.91. The largest absolute Gasteiger partial charge is 0.496 e.